The van der Waals surface area contributed by atoms with Crippen LogP contribution in [0.15, 0.2) is 30.6 Å². The van der Waals surface area contributed by atoms with Crippen LogP contribution in [0.5, 0.6) is 0 Å². The fourth-order valence-electron chi connectivity index (χ4n) is 1.23. The number of nitrogens with zero attached hydrogens (tertiary/aromatic N) is 1. The van der Waals surface area contributed by atoms with Gasteiger partial charge in [-0.15, -0.1) is 0 Å². The molecule has 0 aliphatic carbocycles. The summed E-state index contributed by atoms with van der Waals surface area (Å²) >= 11 is 0. The summed E-state index contributed by atoms with van der Waals surface area (Å²) in [5.74, 6) is -0.332. The Morgan fingerprint density at radius 3 is 2.85 bits per heavy atom. The first kappa shape index (κ1) is 7.79. The normalized spacial score (nSPS) is 10.2. The molecule has 4 heteroatoms. The first-order valence-corrected chi connectivity index (χ1v) is 3.82. The number of H-pyrrole nitrogens is 1. The van der Waals surface area contributed by atoms with Gasteiger partial charge in [0.25, 0.3) is 0 Å². The maximum atomic E-state index is 13.3. The molecule has 3 nitrogen and oxygen atoms in total. The Hall–Kier alpha value is -1.84. The van der Waals surface area contributed by atoms with E-state index in [0.29, 0.717) is 16.8 Å². The van der Waals surface area contributed by atoms with Crippen LogP contribution in [-0.4, -0.2) is 10.2 Å². The van der Waals surface area contributed by atoms with Crippen LogP contribution in [-0.2, 0) is 0 Å². The van der Waals surface area contributed by atoms with Crippen molar-refractivity contribution in [3.05, 3.63) is 36.4 Å². The second-order valence-corrected chi connectivity index (χ2v) is 2.69. The van der Waals surface area contributed by atoms with Gasteiger partial charge in [0.15, 0.2) is 0 Å². The van der Waals surface area contributed by atoms with Crippen LogP contribution in [0.25, 0.3) is 11.1 Å². The number of nitrogens with one attached hydrogen (secondary N) is 1. The topological polar surface area (TPSA) is 54.7 Å². The minimum atomic E-state index is -0.332. The van der Waals surface area contributed by atoms with E-state index in [2.05, 4.69) is 10.2 Å². The van der Waals surface area contributed by atoms with Gasteiger partial charge in [0.05, 0.1) is 6.20 Å². The van der Waals surface area contributed by atoms with Crippen LogP contribution in [0, 0.1) is 5.82 Å². The zero-order valence-corrected chi connectivity index (χ0v) is 6.79. The van der Waals surface area contributed by atoms with E-state index in [1.54, 1.807) is 18.3 Å². The van der Waals surface area contributed by atoms with Gasteiger partial charge in [-0.3, -0.25) is 5.10 Å². The number of nitrogen functional groups attached to an aromatic ring is 1. The molecule has 1 heterocycles. The van der Waals surface area contributed by atoms with E-state index in [4.69, 9.17) is 5.73 Å². The maximum Gasteiger partial charge on any atom is 0.133 e. The summed E-state index contributed by atoms with van der Waals surface area (Å²) in [7, 11) is 0. The van der Waals surface area contributed by atoms with E-state index < -0.39 is 0 Å². The third-order valence-electron chi connectivity index (χ3n) is 1.83. The molecule has 0 saturated carbocycles. The summed E-state index contributed by atoms with van der Waals surface area (Å²) in [6.07, 6.45) is 3.14. The molecule has 1 aromatic heterocycles. The van der Waals surface area contributed by atoms with Crippen LogP contribution in [0.3, 0.4) is 0 Å². The molecule has 0 unspecified atom stereocenters. The molecule has 2 aromatic rings. The quantitative estimate of drug-likeness (QED) is 0.652. The lowest BCUT2D eigenvalue weighted by Crippen LogP contribution is -1.91. The number of aromatic nitrogens is 2. The van der Waals surface area contributed by atoms with Gasteiger partial charge in [0.1, 0.15) is 5.82 Å². The highest BCUT2D eigenvalue weighted by Gasteiger charge is 2.08. The van der Waals surface area contributed by atoms with Gasteiger partial charge in [-0.1, -0.05) is 6.07 Å². The van der Waals surface area contributed by atoms with Crippen LogP contribution in [0.2, 0.25) is 0 Å². The van der Waals surface area contributed by atoms with Crippen LogP contribution in [0.4, 0.5) is 10.1 Å². The van der Waals surface area contributed by atoms with E-state index >= 15 is 0 Å². The molecular weight excluding hydrogens is 169 g/mol. The fraction of sp³-hybridized carbons (Fsp3) is 0. The Morgan fingerprint density at radius 2 is 2.23 bits per heavy atom. The molecule has 2 rings (SSSR count). The van der Waals surface area contributed by atoms with Crippen molar-refractivity contribution >= 4 is 5.69 Å². The molecule has 1 aromatic carbocycles. The van der Waals surface area contributed by atoms with E-state index in [0.717, 1.165) is 0 Å². The number of rotatable bonds is 1. The summed E-state index contributed by atoms with van der Waals surface area (Å²) in [6, 6.07) is 4.61. The van der Waals surface area contributed by atoms with Gasteiger partial charge in [0.2, 0.25) is 0 Å². The first-order valence-electron chi connectivity index (χ1n) is 3.82. The summed E-state index contributed by atoms with van der Waals surface area (Å²) in [6.45, 7) is 0. The summed E-state index contributed by atoms with van der Waals surface area (Å²) in [5, 5.41) is 6.34. The summed E-state index contributed by atoms with van der Waals surface area (Å²) < 4.78 is 13.3. The molecule has 13 heavy (non-hydrogen) atoms. The van der Waals surface area contributed by atoms with Crippen molar-refractivity contribution in [3.63, 3.8) is 0 Å². The fourth-order valence-corrected chi connectivity index (χ4v) is 1.23. The molecule has 0 fully saturated rings. The lowest BCUT2D eigenvalue weighted by atomic mass is 10.1. The molecule has 0 radical (unpaired) electrons. The number of benzene rings is 1. The molecule has 0 saturated heterocycles. The predicted molar refractivity (Wildman–Crippen MR) is 48.4 cm³/mol. The van der Waals surface area contributed by atoms with E-state index in [-0.39, 0.29) is 5.82 Å². The first-order chi connectivity index (χ1) is 6.29. The SMILES string of the molecule is Nc1cccc(F)c1-c1cn[nH]c1. The average Bonchev–Trinajstić information content (AvgIpc) is 2.57. The molecule has 0 bridgehead atoms. The highest BCUT2D eigenvalue weighted by Crippen LogP contribution is 2.27. The van der Waals surface area contributed by atoms with Crippen LogP contribution in [0.1, 0.15) is 0 Å². The van der Waals surface area contributed by atoms with E-state index in [9.17, 15) is 4.39 Å². The van der Waals surface area contributed by atoms with Gasteiger partial charge >= 0.3 is 0 Å². The van der Waals surface area contributed by atoms with Gasteiger partial charge in [-0.2, -0.15) is 5.10 Å². The number of nitrogens with two attached hydrogens (primary N) is 1. The Balaban J connectivity index is 2.64. The molecule has 66 valence electrons. The lowest BCUT2D eigenvalue weighted by molar-refractivity contribution is 0.632. The molecule has 0 aliphatic rings. The van der Waals surface area contributed by atoms with Gasteiger partial charge in [0, 0.05) is 23.0 Å². The molecule has 3 N–H and O–H groups in total. The number of halogens is 1. The second kappa shape index (κ2) is 2.90. The van der Waals surface area contributed by atoms with Crippen molar-refractivity contribution in [2.24, 2.45) is 0 Å². The Bertz CT molecular complexity index is 389. The van der Waals surface area contributed by atoms with Gasteiger partial charge in [-0.25, -0.2) is 4.39 Å². The number of anilines is 1. The Morgan fingerprint density at radius 1 is 1.38 bits per heavy atom. The monoisotopic (exact) mass is 177 g/mol. The lowest BCUT2D eigenvalue weighted by Gasteiger charge is -2.02. The second-order valence-electron chi connectivity index (χ2n) is 2.69. The van der Waals surface area contributed by atoms with Gasteiger partial charge in [-0.05, 0) is 12.1 Å². The highest BCUT2D eigenvalue weighted by molar-refractivity contribution is 5.75. The van der Waals surface area contributed by atoms with Crippen LogP contribution < -0.4 is 5.73 Å². The van der Waals surface area contributed by atoms with Crippen molar-refractivity contribution in [1.82, 2.24) is 10.2 Å². The summed E-state index contributed by atoms with van der Waals surface area (Å²) in [4.78, 5) is 0. The number of hydrogen-bond donors (Lipinski definition) is 2. The van der Waals surface area contributed by atoms with Crippen LogP contribution >= 0.6 is 0 Å². The largest absolute Gasteiger partial charge is 0.398 e. The molecule has 0 spiro atoms. The molecular formula is C9H8FN3. The Labute approximate surface area is 74.4 Å². The van der Waals surface area contributed by atoms with Crippen molar-refractivity contribution < 1.29 is 4.39 Å². The predicted octanol–water partition coefficient (Wildman–Crippen LogP) is 1.80. The number of hydrogen-bond acceptors (Lipinski definition) is 2. The molecule has 0 atom stereocenters. The van der Waals surface area contributed by atoms with Crippen molar-refractivity contribution in [2.75, 3.05) is 5.73 Å². The van der Waals surface area contributed by atoms with E-state index in [1.807, 2.05) is 0 Å². The molecule has 0 aliphatic heterocycles. The zero-order chi connectivity index (χ0) is 9.26. The van der Waals surface area contributed by atoms with Crippen molar-refractivity contribution in [1.29, 1.82) is 0 Å². The minimum Gasteiger partial charge on any atom is -0.398 e. The molecule has 0 amide bonds. The maximum absolute atomic E-state index is 13.3. The van der Waals surface area contributed by atoms with Crippen molar-refractivity contribution in [2.45, 2.75) is 0 Å². The van der Waals surface area contributed by atoms with Crippen molar-refractivity contribution in [3.8, 4) is 11.1 Å². The van der Waals surface area contributed by atoms with Gasteiger partial charge < -0.3 is 5.73 Å². The standard InChI is InChI=1S/C9H8FN3/c10-7-2-1-3-8(11)9(7)6-4-12-13-5-6/h1-5H,11H2,(H,12,13). The third kappa shape index (κ3) is 1.26. The highest BCUT2D eigenvalue weighted by atomic mass is 19.1. The number of aromatic amines is 1. The Kier molecular flexibility index (Phi) is 1.73. The van der Waals surface area contributed by atoms with E-state index in [1.165, 1.54) is 12.3 Å². The zero-order valence-electron chi connectivity index (χ0n) is 6.79. The summed E-state index contributed by atoms with van der Waals surface area (Å²) in [5.41, 5.74) is 7.11. The third-order valence-corrected chi connectivity index (χ3v) is 1.83. The average molecular weight is 177 g/mol. The smallest absolute Gasteiger partial charge is 0.133 e. The minimum absolute atomic E-state index is 0.332.